The van der Waals surface area contributed by atoms with E-state index in [-0.39, 0.29) is 23.8 Å². The summed E-state index contributed by atoms with van der Waals surface area (Å²) >= 11 is 0. The van der Waals surface area contributed by atoms with E-state index in [1.165, 1.54) is 11.0 Å². The Hall–Kier alpha value is -2.41. The Labute approximate surface area is 153 Å². The van der Waals surface area contributed by atoms with Crippen molar-refractivity contribution in [3.05, 3.63) is 46.9 Å². The van der Waals surface area contributed by atoms with Crippen LogP contribution in [0.5, 0.6) is 0 Å². The van der Waals surface area contributed by atoms with Crippen LogP contribution in [0.4, 0.5) is 9.18 Å². The second kappa shape index (κ2) is 8.80. The molecule has 1 aliphatic heterocycles. The van der Waals surface area contributed by atoms with Crippen molar-refractivity contribution >= 4 is 12.0 Å². The maximum absolute atomic E-state index is 14.4. The van der Waals surface area contributed by atoms with E-state index in [1.54, 1.807) is 32.2 Å². The highest BCUT2D eigenvalue weighted by Gasteiger charge is 2.38. The Bertz CT molecular complexity index is 701. The first kappa shape index (κ1) is 19.9. The third-order valence-electron chi connectivity index (χ3n) is 4.56. The molecule has 142 valence electrons. The molecule has 0 bridgehead atoms. The minimum absolute atomic E-state index is 0.197. The third-order valence-corrected chi connectivity index (χ3v) is 4.56. The minimum atomic E-state index is -0.885. The molecular weight excluding hydrogens is 337 g/mol. The standard InChI is InChI=1S/C19H26FN3O3/c1-5-23(6-2)12-15-16(18(24)26-7-3)17(21-19(25)22(15)4)13-10-8-9-11-14(13)20/h8-11,17H,5-7,12H2,1-4H3,(H,21,25). The molecule has 0 spiro atoms. The molecule has 1 aromatic rings. The molecule has 0 radical (unpaired) electrons. The van der Waals surface area contributed by atoms with Gasteiger partial charge in [-0.3, -0.25) is 9.80 Å². The number of hydrogen-bond acceptors (Lipinski definition) is 4. The van der Waals surface area contributed by atoms with Crippen LogP contribution in [0.2, 0.25) is 0 Å². The number of rotatable bonds is 7. The lowest BCUT2D eigenvalue weighted by atomic mass is 9.94. The number of nitrogens with one attached hydrogen (secondary N) is 1. The van der Waals surface area contributed by atoms with Crippen LogP contribution in [-0.4, -0.2) is 55.1 Å². The van der Waals surface area contributed by atoms with Gasteiger partial charge in [0.2, 0.25) is 0 Å². The van der Waals surface area contributed by atoms with E-state index in [1.807, 2.05) is 13.8 Å². The molecule has 0 saturated carbocycles. The van der Waals surface area contributed by atoms with Gasteiger partial charge in [0.05, 0.1) is 18.2 Å². The Kier molecular flexibility index (Phi) is 6.74. The van der Waals surface area contributed by atoms with E-state index < -0.39 is 17.8 Å². The predicted octanol–water partition coefficient (Wildman–Crippen LogP) is 2.68. The van der Waals surface area contributed by atoms with Gasteiger partial charge in [-0.1, -0.05) is 32.0 Å². The molecule has 1 atom stereocenters. The maximum Gasteiger partial charge on any atom is 0.338 e. The van der Waals surface area contributed by atoms with Crippen molar-refractivity contribution in [3.8, 4) is 0 Å². The number of ether oxygens (including phenoxy) is 1. The third kappa shape index (κ3) is 4.04. The Morgan fingerprint density at radius 1 is 1.27 bits per heavy atom. The van der Waals surface area contributed by atoms with Crippen molar-refractivity contribution < 1.29 is 18.7 Å². The van der Waals surface area contributed by atoms with Crippen LogP contribution in [0.15, 0.2) is 35.5 Å². The van der Waals surface area contributed by atoms with Gasteiger partial charge < -0.3 is 10.1 Å². The second-order valence-electron chi connectivity index (χ2n) is 6.01. The largest absolute Gasteiger partial charge is 0.463 e. The number of carbonyl (C=O) groups is 2. The fourth-order valence-corrected chi connectivity index (χ4v) is 3.00. The van der Waals surface area contributed by atoms with Crippen molar-refractivity contribution in [2.45, 2.75) is 26.8 Å². The van der Waals surface area contributed by atoms with Gasteiger partial charge in [0.1, 0.15) is 5.82 Å². The average Bonchev–Trinajstić information content (AvgIpc) is 2.63. The number of hydrogen-bond donors (Lipinski definition) is 1. The summed E-state index contributed by atoms with van der Waals surface area (Å²) in [5, 5.41) is 2.72. The Morgan fingerprint density at radius 2 is 1.92 bits per heavy atom. The normalized spacial score (nSPS) is 17.5. The van der Waals surface area contributed by atoms with Gasteiger partial charge in [-0.2, -0.15) is 0 Å². The molecule has 1 aromatic carbocycles. The number of benzene rings is 1. The molecule has 0 saturated heterocycles. The second-order valence-corrected chi connectivity index (χ2v) is 6.01. The molecule has 0 aromatic heterocycles. The fourth-order valence-electron chi connectivity index (χ4n) is 3.00. The van der Waals surface area contributed by atoms with E-state index in [4.69, 9.17) is 4.74 Å². The summed E-state index contributed by atoms with van der Waals surface area (Å²) in [6, 6.07) is 4.86. The van der Waals surface area contributed by atoms with Crippen molar-refractivity contribution in [2.24, 2.45) is 0 Å². The molecule has 7 heteroatoms. The van der Waals surface area contributed by atoms with Gasteiger partial charge in [0, 0.05) is 24.9 Å². The van der Waals surface area contributed by atoms with Gasteiger partial charge in [-0.05, 0) is 26.1 Å². The van der Waals surface area contributed by atoms with Crippen LogP contribution in [-0.2, 0) is 9.53 Å². The predicted molar refractivity (Wildman–Crippen MR) is 96.9 cm³/mol. The molecule has 2 amide bonds. The van der Waals surface area contributed by atoms with Gasteiger partial charge in [-0.25, -0.2) is 14.0 Å². The molecular formula is C19H26FN3O3. The summed E-state index contributed by atoms with van der Waals surface area (Å²) in [6.07, 6.45) is 0. The lowest BCUT2D eigenvalue weighted by molar-refractivity contribution is -0.139. The monoisotopic (exact) mass is 363 g/mol. The number of carbonyl (C=O) groups excluding carboxylic acids is 2. The number of halogens is 1. The SMILES string of the molecule is CCOC(=O)C1=C(CN(CC)CC)N(C)C(=O)NC1c1ccccc1F. The van der Waals surface area contributed by atoms with E-state index in [0.717, 1.165) is 13.1 Å². The number of nitrogens with zero attached hydrogens (tertiary/aromatic N) is 2. The summed E-state index contributed by atoms with van der Waals surface area (Å²) < 4.78 is 19.6. The zero-order valence-corrected chi connectivity index (χ0v) is 15.7. The maximum atomic E-state index is 14.4. The van der Waals surface area contributed by atoms with E-state index in [2.05, 4.69) is 10.2 Å². The highest BCUT2D eigenvalue weighted by molar-refractivity contribution is 5.95. The Morgan fingerprint density at radius 3 is 2.50 bits per heavy atom. The minimum Gasteiger partial charge on any atom is -0.463 e. The number of esters is 1. The summed E-state index contributed by atoms with van der Waals surface area (Å²) in [7, 11) is 1.60. The van der Waals surface area contributed by atoms with E-state index >= 15 is 0 Å². The van der Waals surface area contributed by atoms with Crippen LogP contribution in [0.3, 0.4) is 0 Å². The highest BCUT2D eigenvalue weighted by Crippen LogP contribution is 2.32. The van der Waals surface area contributed by atoms with Crippen LogP contribution in [0, 0.1) is 5.82 Å². The Balaban J connectivity index is 2.61. The van der Waals surface area contributed by atoms with E-state index in [0.29, 0.717) is 12.2 Å². The zero-order chi connectivity index (χ0) is 19.3. The first-order chi connectivity index (χ1) is 12.4. The molecule has 0 fully saturated rings. The van der Waals surface area contributed by atoms with Crippen molar-refractivity contribution in [2.75, 3.05) is 33.3 Å². The van der Waals surface area contributed by atoms with Gasteiger partial charge >= 0.3 is 12.0 Å². The molecule has 1 heterocycles. The molecule has 2 rings (SSSR count). The summed E-state index contributed by atoms with van der Waals surface area (Å²) in [5.41, 5.74) is 1.05. The first-order valence-electron chi connectivity index (χ1n) is 8.85. The topological polar surface area (TPSA) is 61.9 Å². The summed E-state index contributed by atoms with van der Waals surface area (Å²) in [5.74, 6) is -1.03. The average molecular weight is 363 g/mol. The van der Waals surface area contributed by atoms with Gasteiger partial charge in [0.25, 0.3) is 0 Å². The number of likely N-dealkylation sites (N-methyl/N-ethyl adjacent to an activating group) is 2. The highest BCUT2D eigenvalue weighted by atomic mass is 19.1. The van der Waals surface area contributed by atoms with E-state index in [9.17, 15) is 14.0 Å². The number of amides is 2. The van der Waals surface area contributed by atoms with Crippen molar-refractivity contribution in [1.29, 1.82) is 0 Å². The van der Waals surface area contributed by atoms with Crippen LogP contribution < -0.4 is 5.32 Å². The smallest absolute Gasteiger partial charge is 0.338 e. The molecule has 1 aliphatic rings. The van der Waals surface area contributed by atoms with Crippen molar-refractivity contribution in [1.82, 2.24) is 15.1 Å². The van der Waals surface area contributed by atoms with Crippen LogP contribution in [0.1, 0.15) is 32.4 Å². The molecule has 1 N–H and O–H groups in total. The molecule has 0 aliphatic carbocycles. The lowest BCUT2D eigenvalue weighted by Crippen LogP contribution is -2.49. The zero-order valence-electron chi connectivity index (χ0n) is 15.7. The van der Waals surface area contributed by atoms with Crippen molar-refractivity contribution in [3.63, 3.8) is 0 Å². The molecule has 26 heavy (non-hydrogen) atoms. The lowest BCUT2D eigenvalue weighted by Gasteiger charge is -2.36. The van der Waals surface area contributed by atoms with Gasteiger partial charge in [-0.15, -0.1) is 0 Å². The summed E-state index contributed by atoms with van der Waals surface area (Å²) in [6.45, 7) is 7.84. The number of urea groups is 1. The molecule has 6 nitrogen and oxygen atoms in total. The molecule has 1 unspecified atom stereocenters. The summed E-state index contributed by atoms with van der Waals surface area (Å²) in [4.78, 5) is 28.7. The van der Waals surface area contributed by atoms with Gasteiger partial charge in [0.15, 0.2) is 0 Å². The first-order valence-corrected chi connectivity index (χ1v) is 8.85. The quantitative estimate of drug-likeness (QED) is 0.757. The van der Waals surface area contributed by atoms with Crippen LogP contribution >= 0.6 is 0 Å². The fraction of sp³-hybridized carbons (Fsp3) is 0.474. The van der Waals surface area contributed by atoms with Crippen LogP contribution in [0.25, 0.3) is 0 Å².